The summed E-state index contributed by atoms with van der Waals surface area (Å²) in [6.07, 6.45) is 1.73. The predicted octanol–water partition coefficient (Wildman–Crippen LogP) is 6.87. The molecule has 0 bridgehead atoms. The number of fused-ring (bicyclic) bond motifs is 1. The summed E-state index contributed by atoms with van der Waals surface area (Å²) < 4.78 is 3.31. The number of hydrogen-bond acceptors (Lipinski definition) is 3. The zero-order chi connectivity index (χ0) is 24.6. The number of aryl methyl sites for hydroxylation is 1. The van der Waals surface area contributed by atoms with Gasteiger partial charge in [0.15, 0.2) is 5.65 Å². The van der Waals surface area contributed by atoms with Gasteiger partial charge in [0.05, 0.1) is 11.4 Å². The second kappa shape index (κ2) is 8.95. The maximum absolute atomic E-state index is 13.8. The third-order valence-electron chi connectivity index (χ3n) is 6.15. The molecule has 0 radical (unpaired) electrons. The molecule has 5 nitrogen and oxygen atoms in total. The Morgan fingerprint density at radius 3 is 2.17 bits per heavy atom. The summed E-state index contributed by atoms with van der Waals surface area (Å²) in [6.45, 7) is 2.08. The lowest BCUT2D eigenvalue weighted by molar-refractivity contribution is 0.888. The fraction of sp³-hybridized carbons (Fsp3) is 0.0333. The topological polar surface area (TPSA) is 52.7 Å². The molecule has 174 valence electrons. The van der Waals surface area contributed by atoms with Gasteiger partial charge < -0.3 is 0 Å². The van der Waals surface area contributed by atoms with E-state index in [9.17, 15) is 4.79 Å². The molecule has 0 aliphatic rings. The van der Waals surface area contributed by atoms with E-state index in [1.54, 1.807) is 27.6 Å². The molecule has 2 aromatic heterocycles. The Morgan fingerprint density at radius 2 is 1.44 bits per heavy atom. The van der Waals surface area contributed by atoms with Gasteiger partial charge in [-0.15, -0.1) is 5.10 Å². The zero-order valence-corrected chi connectivity index (χ0v) is 20.2. The van der Waals surface area contributed by atoms with Gasteiger partial charge in [0.1, 0.15) is 11.2 Å². The molecular weight excluding hydrogens is 468 g/mol. The maximum atomic E-state index is 13.8. The number of hydrogen-bond donors (Lipinski definition) is 0. The van der Waals surface area contributed by atoms with Gasteiger partial charge in [0.25, 0.3) is 5.56 Å². The Morgan fingerprint density at radius 1 is 0.722 bits per heavy atom. The molecule has 0 saturated carbocycles. The quantitative estimate of drug-likeness (QED) is 0.272. The van der Waals surface area contributed by atoms with E-state index < -0.39 is 0 Å². The van der Waals surface area contributed by atoms with Gasteiger partial charge in [-0.3, -0.25) is 9.36 Å². The number of rotatable bonds is 4. The summed E-state index contributed by atoms with van der Waals surface area (Å²) in [4.78, 5) is 18.7. The summed E-state index contributed by atoms with van der Waals surface area (Å²) in [7, 11) is 0. The molecule has 36 heavy (non-hydrogen) atoms. The van der Waals surface area contributed by atoms with Gasteiger partial charge in [-0.2, -0.15) is 0 Å². The Labute approximate surface area is 212 Å². The third kappa shape index (κ3) is 4.00. The van der Waals surface area contributed by atoms with Crippen LogP contribution in [0, 0.1) is 6.92 Å². The van der Waals surface area contributed by atoms with E-state index in [1.807, 2.05) is 54.6 Å². The van der Waals surface area contributed by atoms with Gasteiger partial charge in [-0.1, -0.05) is 83.9 Å². The predicted molar refractivity (Wildman–Crippen MR) is 145 cm³/mol. The van der Waals surface area contributed by atoms with Crippen molar-refractivity contribution in [2.45, 2.75) is 6.92 Å². The van der Waals surface area contributed by atoms with Crippen molar-refractivity contribution in [1.29, 1.82) is 0 Å². The van der Waals surface area contributed by atoms with Crippen LogP contribution in [0.25, 0.3) is 44.9 Å². The van der Waals surface area contributed by atoms with Crippen LogP contribution in [0.4, 0.5) is 0 Å². The first-order valence-corrected chi connectivity index (χ1v) is 12.0. The summed E-state index contributed by atoms with van der Waals surface area (Å²) in [5.74, 6) is 0.518. The minimum Gasteiger partial charge on any atom is -0.268 e. The molecule has 6 heteroatoms. The van der Waals surface area contributed by atoms with E-state index in [4.69, 9.17) is 16.6 Å². The number of para-hydroxylation sites is 1. The minimum atomic E-state index is -0.192. The third-order valence-corrected chi connectivity index (χ3v) is 6.40. The number of aromatic nitrogens is 4. The van der Waals surface area contributed by atoms with Crippen LogP contribution >= 0.6 is 11.6 Å². The van der Waals surface area contributed by atoms with Gasteiger partial charge in [0.2, 0.25) is 0 Å². The second-order valence-corrected chi connectivity index (χ2v) is 9.08. The number of halogens is 1. The molecular formula is C30H21ClN4O. The summed E-state index contributed by atoms with van der Waals surface area (Å²) in [5.41, 5.74) is 6.00. The molecule has 4 aromatic carbocycles. The van der Waals surface area contributed by atoms with Crippen LogP contribution in [-0.2, 0) is 0 Å². The lowest BCUT2D eigenvalue weighted by Crippen LogP contribution is -2.21. The number of nitrogens with zero attached hydrogens (tertiary/aromatic N) is 4. The maximum Gasteiger partial charge on any atom is 0.269 e. The minimum absolute atomic E-state index is 0.192. The lowest BCUT2D eigenvalue weighted by atomic mass is 10.0. The van der Waals surface area contributed by atoms with Crippen LogP contribution in [0.2, 0.25) is 5.02 Å². The first-order chi connectivity index (χ1) is 17.6. The van der Waals surface area contributed by atoms with Crippen molar-refractivity contribution in [2.24, 2.45) is 0 Å². The second-order valence-electron chi connectivity index (χ2n) is 8.65. The zero-order valence-electron chi connectivity index (χ0n) is 19.5. The van der Waals surface area contributed by atoms with Gasteiger partial charge in [0, 0.05) is 16.8 Å². The van der Waals surface area contributed by atoms with Crippen molar-refractivity contribution in [2.75, 3.05) is 0 Å². The molecule has 0 aliphatic heterocycles. The Hall–Kier alpha value is -4.48. The molecule has 0 spiro atoms. The Kier molecular flexibility index (Phi) is 5.47. The first kappa shape index (κ1) is 22.0. The molecule has 6 aromatic rings. The van der Waals surface area contributed by atoms with Gasteiger partial charge >= 0.3 is 0 Å². The summed E-state index contributed by atoms with van der Waals surface area (Å²) >= 11 is 6.13. The van der Waals surface area contributed by atoms with Crippen molar-refractivity contribution >= 4 is 22.6 Å². The average molecular weight is 489 g/mol. The van der Waals surface area contributed by atoms with E-state index >= 15 is 0 Å². The van der Waals surface area contributed by atoms with Crippen molar-refractivity contribution < 1.29 is 0 Å². The highest BCUT2D eigenvalue weighted by molar-refractivity contribution is 6.30. The highest BCUT2D eigenvalue weighted by atomic mass is 35.5. The van der Waals surface area contributed by atoms with Crippen LogP contribution in [0.3, 0.4) is 0 Å². The van der Waals surface area contributed by atoms with Gasteiger partial charge in [-0.25, -0.2) is 9.67 Å². The first-order valence-electron chi connectivity index (χ1n) is 11.6. The van der Waals surface area contributed by atoms with Crippen molar-refractivity contribution in [1.82, 2.24) is 19.3 Å². The molecule has 0 aliphatic carbocycles. The average Bonchev–Trinajstić information content (AvgIpc) is 3.35. The molecule has 0 unspecified atom stereocenters. The van der Waals surface area contributed by atoms with E-state index in [0.29, 0.717) is 27.6 Å². The summed E-state index contributed by atoms with van der Waals surface area (Å²) in [6, 6.07) is 33.3. The highest BCUT2D eigenvalue weighted by Gasteiger charge is 2.18. The van der Waals surface area contributed by atoms with E-state index in [1.165, 1.54) is 5.56 Å². The van der Waals surface area contributed by atoms with Crippen LogP contribution in [0.5, 0.6) is 0 Å². The lowest BCUT2D eigenvalue weighted by Gasteiger charge is -2.13. The van der Waals surface area contributed by atoms with E-state index in [0.717, 1.165) is 22.4 Å². The van der Waals surface area contributed by atoms with Crippen molar-refractivity contribution in [3.8, 4) is 33.9 Å². The van der Waals surface area contributed by atoms with Crippen LogP contribution in [0.15, 0.2) is 114 Å². The number of benzene rings is 4. The summed E-state index contributed by atoms with van der Waals surface area (Å²) in [5, 5.41) is 5.66. The molecule has 0 N–H and O–H groups in total. The molecule has 0 saturated heterocycles. The molecule has 2 heterocycles. The van der Waals surface area contributed by atoms with Gasteiger partial charge in [-0.05, 0) is 54.4 Å². The molecule has 0 fully saturated rings. The van der Waals surface area contributed by atoms with E-state index in [-0.39, 0.29) is 5.56 Å². The fourth-order valence-electron chi connectivity index (χ4n) is 4.34. The molecule has 0 atom stereocenters. The van der Waals surface area contributed by atoms with Crippen molar-refractivity contribution in [3.05, 3.63) is 130 Å². The SMILES string of the molecule is Cc1cccc(-c2ccc(-c3nc4nn(-c5ccccc5)cc4c(=O)n3-c3ccc(Cl)cc3)cc2)c1. The Balaban J connectivity index is 1.55. The van der Waals surface area contributed by atoms with E-state index in [2.05, 4.69) is 48.4 Å². The van der Waals surface area contributed by atoms with Crippen LogP contribution in [-0.4, -0.2) is 19.3 Å². The smallest absolute Gasteiger partial charge is 0.268 e. The fourth-order valence-corrected chi connectivity index (χ4v) is 4.46. The normalized spacial score (nSPS) is 11.2. The van der Waals surface area contributed by atoms with Crippen LogP contribution < -0.4 is 5.56 Å². The largest absolute Gasteiger partial charge is 0.269 e. The van der Waals surface area contributed by atoms with Crippen molar-refractivity contribution in [3.63, 3.8) is 0 Å². The standard InChI is InChI=1S/C30H21ClN4O/c1-20-6-5-7-23(18-20)21-10-12-22(13-11-21)29-32-28-27(19-34(33-28)25-8-3-2-4-9-25)30(36)35(29)26-16-14-24(31)15-17-26/h2-19H,1H3. The molecule has 6 rings (SSSR count). The molecule has 0 amide bonds. The highest BCUT2D eigenvalue weighted by Crippen LogP contribution is 2.27. The monoisotopic (exact) mass is 488 g/mol. The Bertz CT molecular complexity index is 1750. The van der Waals surface area contributed by atoms with Crippen LogP contribution in [0.1, 0.15) is 5.56 Å².